The van der Waals surface area contributed by atoms with Crippen molar-refractivity contribution in [2.24, 2.45) is 5.92 Å². The third-order valence-corrected chi connectivity index (χ3v) is 2.78. The zero-order valence-corrected chi connectivity index (χ0v) is 11.5. The summed E-state index contributed by atoms with van der Waals surface area (Å²) in [4.78, 5) is 23.5. The molecular weight excluding hydrogens is 282 g/mol. The maximum absolute atomic E-state index is 13.1. The fourth-order valence-corrected chi connectivity index (χ4v) is 1.64. The number of nitrogens with one attached hydrogen (secondary N) is 1. The first-order valence-electron chi connectivity index (χ1n) is 6.12. The van der Waals surface area contributed by atoms with Crippen LogP contribution in [0.4, 0.5) is 8.78 Å². The number of hydrogen-bond donors (Lipinski definition) is 1. The molecule has 1 aromatic rings. The summed E-state index contributed by atoms with van der Waals surface area (Å²) in [6.07, 6.45) is 0.0542. The number of carbonyl (C=O) groups excluding carboxylic acids is 2. The molecule has 0 unspecified atom stereocenters. The van der Waals surface area contributed by atoms with Crippen LogP contribution >= 0.6 is 0 Å². The summed E-state index contributed by atoms with van der Waals surface area (Å²) in [5.74, 6) is -4.20. The van der Waals surface area contributed by atoms with E-state index in [2.05, 4.69) is 10.1 Å². The van der Waals surface area contributed by atoms with Crippen LogP contribution in [-0.4, -0.2) is 25.0 Å². The second-order valence-electron chi connectivity index (χ2n) is 4.44. The summed E-state index contributed by atoms with van der Waals surface area (Å²) in [7, 11) is 1.15. The zero-order chi connectivity index (χ0) is 16.0. The smallest absolute Gasteiger partial charge is 0.328 e. The van der Waals surface area contributed by atoms with Crippen molar-refractivity contribution < 1.29 is 23.1 Å². The minimum atomic E-state index is -1.16. The van der Waals surface area contributed by atoms with Gasteiger partial charge in [0.2, 0.25) is 0 Å². The number of halogens is 2. The van der Waals surface area contributed by atoms with E-state index in [9.17, 15) is 18.4 Å². The van der Waals surface area contributed by atoms with E-state index >= 15 is 0 Å². The Hall–Kier alpha value is -2.49. The van der Waals surface area contributed by atoms with E-state index in [4.69, 9.17) is 5.26 Å². The van der Waals surface area contributed by atoms with Gasteiger partial charge < -0.3 is 10.1 Å². The van der Waals surface area contributed by atoms with Gasteiger partial charge in [0, 0.05) is 11.5 Å². The van der Waals surface area contributed by atoms with Gasteiger partial charge in [0.05, 0.1) is 13.2 Å². The van der Waals surface area contributed by atoms with E-state index in [0.29, 0.717) is 0 Å². The minimum absolute atomic E-state index is 0.0542. The standard InChI is InChI=1S/C14H14F2N2O3/c1-8(7-17)5-12(14(20)21-2)18-13(19)9-3-4-10(15)11(16)6-9/h3-4,6,8,12H,5H2,1-2H3,(H,18,19)/t8-,12+/m0/s1. The van der Waals surface area contributed by atoms with Crippen molar-refractivity contribution >= 4 is 11.9 Å². The highest BCUT2D eigenvalue weighted by atomic mass is 19.2. The maximum atomic E-state index is 13.1. The number of esters is 1. The third-order valence-electron chi connectivity index (χ3n) is 2.78. The van der Waals surface area contributed by atoms with Gasteiger partial charge in [-0.15, -0.1) is 0 Å². The Balaban J connectivity index is 2.87. The van der Waals surface area contributed by atoms with Crippen molar-refractivity contribution in [3.63, 3.8) is 0 Å². The lowest BCUT2D eigenvalue weighted by Crippen LogP contribution is -2.42. The minimum Gasteiger partial charge on any atom is -0.467 e. The average molecular weight is 296 g/mol. The number of nitriles is 1. The van der Waals surface area contributed by atoms with Crippen LogP contribution in [0.3, 0.4) is 0 Å². The monoisotopic (exact) mass is 296 g/mol. The Morgan fingerprint density at radius 3 is 2.57 bits per heavy atom. The summed E-state index contributed by atoms with van der Waals surface area (Å²) < 4.78 is 30.4. The number of rotatable bonds is 5. The maximum Gasteiger partial charge on any atom is 0.328 e. The van der Waals surface area contributed by atoms with E-state index in [1.807, 2.05) is 6.07 Å². The van der Waals surface area contributed by atoms with Gasteiger partial charge in [0.1, 0.15) is 6.04 Å². The molecule has 7 heteroatoms. The number of methoxy groups -OCH3 is 1. The fourth-order valence-electron chi connectivity index (χ4n) is 1.64. The molecule has 0 fully saturated rings. The molecule has 112 valence electrons. The molecule has 0 aliphatic carbocycles. The molecule has 1 N–H and O–H groups in total. The van der Waals surface area contributed by atoms with Gasteiger partial charge in [0.15, 0.2) is 11.6 Å². The Kier molecular flexibility index (Phi) is 5.79. The molecule has 5 nitrogen and oxygen atoms in total. The Labute approximate surface area is 120 Å². The predicted octanol–water partition coefficient (Wildman–Crippen LogP) is 1.79. The molecule has 21 heavy (non-hydrogen) atoms. The van der Waals surface area contributed by atoms with Crippen molar-refractivity contribution in [1.29, 1.82) is 5.26 Å². The van der Waals surface area contributed by atoms with E-state index < -0.39 is 35.5 Å². The van der Waals surface area contributed by atoms with E-state index in [1.165, 1.54) is 0 Å². The van der Waals surface area contributed by atoms with Crippen LogP contribution in [0.5, 0.6) is 0 Å². The second-order valence-corrected chi connectivity index (χ2v) is 4.44. The van der Waals surface area contributed by atoms with Crippen molar-refractivity contribution in [1.82, 2.24) is 5.32 Å². The first-order valence-corrected chi connectivity index (χ1v) is 6.12. The Morgan fingerprint density at radius 2 is 2.05 bits per heavy atom. The lowest BCUT2D eigenvalue weighted by molar-refractivity contribution is -0.143. The summed E-state index contributed by atoms with van der Waals surface area (Å²) >= 11 is 0. The summed E-state index contributed by atoms with van der Waals surface area (Å²) in [5, 5.41) is 11.1. The molecule has 1 rings (SSSR count). The highest BCUT2D eigenvalue weighted by molar-refractivity contribution is 5.96. The van der Waals surface area contributed by atoms with Crippen LogP contribution in [0.2, 0.25) is 0 Å². The normalized spacial score (nSPS) is 12.9. The molecule has 0 aromatic heterocycles. The molecule has 0 heterocycles. The number of ether oxygens (including phenoxy) is 1. The molecule has 0 aliphatic heterocycles. The fraction of sp³-hybridized carbons (Fsp3) is 0.357. The van der Waals surface area contributed by atoms with Crippen LogP contribution in [0, 0.1) is 28.9 Å². The summed E-state index contributed by atoms with van der Waals surface area (Å²) in [5.41, 5.74) is -0.132. The highest BCUT2D eigenvalue weighted by Crippen LogP contribution is 2.11. The van der Waals surface area contributed by atoms with Crippen molar-refractivity contribution in [2.45, 2.75) is 19.4 Å². The topological polar surface area (TPSA) is 79.2 Å². The summed E-state index contributed by atoms with van der Waals surface area (Å²) in [6, 6.07) is 3.54. The molecule has 0 radical (unpaired) electrons. The zero-order valence-electron chi connectivity index (χ0n) is 11.5. The largest absolute Gasteiger partial charge is 0.467 e. The van der Waals surface area contributed by atoms with Crippen LogP contribution in [0.15, 0.2) is 18.2 Å². The van der Waals surface area contributed by atoms with E-state index in [0.717, 1.165) is 25.3 Å². The van der Waals surface area contributed by atoms with Crippen LogP contribution in [-0.2, 0) is 9.53 Å². The first-order chi connectivity index (χ1) is 9.88. The Morgan fingerprint density at radius 1 is 1.38 bits per heavy atom. The van der Waals surface area contributed by atoms with Gasteiger partial charge in [-0.1, -0.05) is 0 Å². The van der Waals surface area contributed by atoms with Gasteiger partial charge in [-0.05, 0) is 31.5 Å². The highest BCUT2D eigenvalue weighted by Gasteiger charge is 2.24. The van der Waals surface area contributed by atoms with E-state index in [-0.39, 0.29) is 12.0 Å². The van der Waals surface area contributed by atoms with Crippen LogP contribution in [0.25, 0.3) is 0 Å². The lowest BCUT2D eigenvalue weighted by Gasteiger charge is -2.17. The quantitative estimate of drug-likeness (QED) is 0.840. The van der Waals surface area contributed by atoms with Gasteiger partial charge in [-0.3, -0.25) is 4.79 Å². The molecule has 0 saturated heterocycles. The number of nitrogens with zero attached hydrogens (tertiary/aromatic N) is 1. The van der Waals surface area contributed by atoms with Crippen LogP contribution in [0.1, 0.15) is 23.7 Å². The first kappa shape index (κ1) is 16.6. The Bertz CT molecular complexity index is 584. The van der Waals surface area contributed by atoms with Gasteiger partial charge in [-0.2, -0.15) is 5.26 Å². The van der Waals surface area contributed by atoms with E-state index in [1.54, 1.807) is 6.92 Å². The van der Waals surface area contributed by atoms with Gasteiger partial charge in [0.25, 0.3) is 5.91 Å². The van der Waals surface area contributed by atoms with Crippen LogP contribution < -0.4 is 5.32 Å². The van der Waals surface area contributed by atoms with Gasteiger partial charge >= 0.3 is 5.97 Å². The number of carbonyl (C=O) groups is 2. The van der Waals surface area contributed by atoms with Gasteiger partial charge in [-0.25, -0.2) is 13.6 Å². The van der Waals surface area contributed by atoms with Crippen molar-refractivity contribution in [3.8, 4) is 6.07 Å². The average Bonchev–Trinajstić information content (AvgIpc) is 2.48. The lowest BCUT2D eigenvalue weighted by atomic mass is 10.0. The molecule has 1 amide bonds. The number of benzene rings is 1. The van der Waals surface area contributed by atoms with Crippen molar-refractivity contribution in [3.05, 3.63) is 35.4 Å². The number of amides is 1. The predicted molar refractivity (Wildman–Crippen MR) is 69.0 cm³/mol. The molecule has 0 spiro atoms. The molecule has 0 saturated carbocycles. The molecule has 1 aromatic carbocycles. The molecular formula is C14H14F2N2O3. The third kappa shape index (κ3) is 4.53. The SMILES string of the molecule is COC(=O)[C@@H](C[C@H](C)C#N)NC(=O)c1ccc(F)c(F)c1. The second kappa shape index (κ2) is 7.33. The van der Waals surface area contributed by atoms with Crippen molar-refractivity contribution in [2.75, 3.05) is 7.11 Å². The molecule has 2 atom stereocenters. The molecule has 0 bridgehead atoms. The summed E-state index contributed by atoms with van der Waals surface area (Å²) in [6.45, 7) is 1.58. The number of hydrogen-bond acceptors (Lipinski definition) is 4. The molecule has 0 aliphatic rings.